The zero-order valence-electron chi connectivity index (χ0n) is 9.36. The lowest BCUT2D eigenvalue weighted by molar-refractivity contribution is 0.272. The molecule has 2 N–H and O–H groups in total. The summed E-state index contributed by atoms with van der Waals surface area (Å²) in [4.78, 5) is 8.21. The van der Waals surface area contributed by atoms with E-state index in [2.05, 4.69) is 25.5 Å². The van der Waals surface area contributed by atoms with Gasteiger partial charge in [0.15, 0.2) is 5.65 Å². The number of alkyl halides is 1. The maximum atomic E-state index is 13.5. The fourth-order valence-corrected chi connectivity index (χ4v) is 2.36. The zero-order valence-corrected chi connectivity index (χ0v) is 9.36. The Kier molecular flexibility index (Phi) is 2.62. The van der Waals surface area contributed by atoms with Crippen LogP contribution in [0.4, 0.5) is 10.2 Å². The maximum Gasteiger partial charge on any atom is 0.160 e. The van der Waals surface area contributed by atoms with Gasteiger partial charge in [0, 0.05) is 12.5 Å². The summed E-state index contributed by atoms with van der Waals surface area (Å²) in [6, 6.07) is 0. The highest BCUT2D eigenvalue weighted by Gasteiger charge is 2.26. The second-order valence-electron chi connectivity index (χ2n) is 4.44. The SMILES string of the molecule is F[C@@H]1CCCC1CNc1ncnc2[nH]ncc12. The van der Waals surface area contributed by atoms with Crippen molar-refractivity contribution in [3.63, 3.8) is 0 Å². The second-order valence-corrected chi connectivity index (χ2v) is 4.44. The van der Waals surface area contributed by atoms with Gasteiger partial charge in [-0.05, 0) is 12.8 Å². The van der Waals surface area contributed by atoms with E-state index in [9.17, 15) is 4.39 Å². The molecule has 2 aromatic heterocycles. The molecule has 5 nitrogen and oxygen atoms in total. The van der Waals surface area contributed by atoms with Crippen LogP contribution in [0.3, 0.4) is 0 Å². The molecule has 1 aliphatic carbocycles. The van der Waals surface area contributed by atoms with E-state index in [0.29, 0.717) is 18.6 Å². The molecule has 0 spiro atoms. The molecular weight excluding hydrogens is 221 g/mol. The monoisotopic (exact) mass is 235 g/mol. The molecule has 1 fully saturated rings. The number of nitrogens with zero attached hydrogens (tertiary/aromatic N) is 3. The summed E-state index contributed by atoms with van der Waals surface area (Å²) >= 11 is 0. The Morgan fingerprint density at radius 2 is 2.35 bits per heavy atom. The first-order valence-electron chi connectivity index (χ1n) is 5.86. The Balaban J connectivity index is 1.74. The average Bonchev–Trinajstić information content (AvgIpc) is 2.95. The summed E-state index contributed by atoms with van der Waals surface area (Å²) in [6.07, 6.45) is 5.11. The zero-order chi connectivity index (χ0) is 11.7. The van der Waals surface area contributed by atoms with Gasteiger partial charge in [-0.15, -0.1) is 0 Å². The molecule has 2 atom stereocenters. The van der Waals surface area contributed by atoms with Gasteiger partial charge in [0.1, 0.15) is 18.3 Å². The predicted molar refractivity (Wildman–Crippen MR) is 62.4 cm³/mol. The number of fused-ring (bicyclic) bond motifs is 1. The van der Waals surface area contributed by atoms with Gasteiger partial charge in [-0.1, -0.05) is 6.42 Å². The molecule has 2 aromatic rings. The lowest BCUT2D eigenvalue weighted by Crippen LogP contribution is -2.19. The van der Waals surface area contributed by atoms with Gasteiger partial charge in [-0.25, -0.2) is 14.4 Å². The number of nitrogens with one attached hydrogen (secondary N) is 2. The van der Waals surface area contributed by atoms with Gasteiger partial charge in [-0.2, -0.15) is 5.10 Å². The molecule has 2 heterocycles. The molecule has 0 aliphatic heterocycles. The molecule has 0 aromatic carbocycles. The molecule has 1 aliphatic rings. The summed E-state index contributed by atoms with van der Waals surface area (Å²) in [5.74, 6) is 0.828. The van der Waals surface area contributed by atoms with Crippen molar-refractivity contribution in [1.29, 1.82) is 0 Å². The van der Waals surface area contributed by atoms with Crippen LogP contribution in [0.25, 0.3) is 11.0 Å². The largest absolute Gasteiger partial charge is 0.369 e. The minimum Gasteiger partial charge on any atom is -0.369 e. The van der Waals surface area contributed by atoms with Gasteiger partial charge >= 0.3 is 0 Å². The third-order valence-electron chi connectivity index (χ3n) is 3.35. The van der Waals surface area contributed by atoms with Crippen LogP contribution < -0.4 is 5.32 Å². The fourth-order valence-electron chi connectivity index (χ4n) is 2.36. The molecule has 1 saturated carbocycles. The minimum atomic E-state index is -0.677. The van der Waals surface area contributed by atoms with Crippen LogP contribution in [-0.2, 0) is 0 Å². The molecule has 3 rings (SSSR count). The standard InChI is InChI=1S/C11H14FN5/c12-9-3-1-2-7(9)4-13-10-8-5-16-17-11(8)15-6-14-10/h5-7,9H,1-4H2,(H2,13,14,15,16,17)/t7?,9-/m1/s1. The van der Waals surface area contributed by atoms with Crippen molar-refractivity contribution in [1.82, 2.24) is 20.2 Å². The van der Waals surface area contributed by atoms with Crippen LogP contribution in [0, 0.1) is 5.92 Å². The quantitative estimate of drug-likeness (QED) is 0.852. The normalized spacial score (nSPS) is 24.3. The van der Waals surface area contributed by atoms with Crippen molar-refractivity contribution < 1.29 is 4.39 Å². The van der Waals surface area contributed by atoms with E-state index in [1.165, 1.54) is 6.33 Å². The van der Waals surface area contributed by atoms with Gasteiger partial charge in [0.05, 0.1) is 11.6 Å². The molecule has 0 amide bonds. The van der Waals surface area contributed by atoms with Crippen molar-refractivity contribution >= 4 is 16.9 Å². The van der Waals surface area contributed by atoms with Gasteiger partial charge < -0.3 is 5.32 Å². The summed E-state index contributed by atoms with van der Waals surface area (Å²) in [6.45, 7) is 0.623. The lowest BCUT2D eigenvalue weighted by atomic mass is 10.1. The van der Waals surface area contributed by atoms with Crippen molar-refractivity contribution in [3.05, 3.63) is 12.5 Å². The highest BCUT2D eigenvalue weighted by atomic mass is 19.1. The van der Waals surface area contributed by atoms with Gasteiger partial charge in [0.25, 0.3) is 0 Å². The number of halogens is 1. The maximum absolute atomic E-state index is 13.5. The van der Waals surface area contributed by atoms with E-state index in [4.69, 9.17) is 0 Å². The number of aromatic amines is 1. The summed E-state index contributed by atoms with van der Waals surface area (Å²) in [7, 11) is 0. The lowest BCUT2D eigenvalue weighted by Gasteiger charge is -2.13. The first-order chi connectivity index (χ1) is 8.34. The third-order valence-corrected chi connectivity index (χ3v) is 3.35. The smallest absolute Gasteiger partial charge is 0.160 e. The van der Waals surface area contributed by atoms with Crippen molar-refractivity contribution in [3.8, 4) is 0 Å². The van der Waals surface area contributed by atoms with Crippen LogP contribution in [0.2, 0.25) is 0 Å². The molecule has 0 bridgehead atoms. The molecule has 90 valence electrons. The first-order valence-corrected chi connectivity index (χ1v) is 5.86. The molecule has 0 saturated heterocycles. The molecule has 1 unspecified atom stereocenters. The van der Waals surface area contributed by atoms with Crippen LogP contribution >= 0.6 is 0 Å². The molecular formula is C11H14FN5. The summed E-state index contributed by atoms with van der Waals surface area (Å²) in [5, 5.41) is 10.7. The van der Waals surface area contributed by atoms with E-state index in [-0.39, 0.29) is 5.92 Å². The van der Waals surface area contributed by atoms with E-state index >= 15 is 0 Å². The second kappa shape index (κ2) is 4.27. The number of H-pyrrole nitrogens is 1. The highest BCUT2D eigenvalue weighted by molar-refractivity contribution is 5.85. The predicted octanol–water partition coefficient (Wildman–Crippen LogP) is 1.90. The van der Waals surface area contributed by atoms with Crippen molar-refractivity contribution in [2.45, 2.75) is 25.4 Å². The van der Waals surface area contributed by atoms with Gasteiger partial charge in [-0.3, -0.25) is 5.10 Å². The molecule has 6 heteroatoms. The number of hydrogen-bond acceptors (Lipinski definition) is 4. The Bertz CT molecular complexity index is 511. The van der Waals surface area contributed by atoms with Crippen LogP contribution in [0.1, 0.15) is 19.3 Å². The number of aromatic nitrogens is 4. The van der Waals surface area contributed by atoms with Gasteiger partial charge in [0.2, 0.25) is 0 Å². The Hall–Kier alpha value is -1.72. The number of rotatable bonds is 3. The average molecular weight is 235 g/mol. The van der Waals surface area contributed by atoms with Crippen LogP contribution in [0.15, 0.2) is 12.5 Å². The number of hydrogen-bond donors (Lipinski definition) is 2. The van der Waals surface area contributed by atoms with E-state index in [1.54, 1.807) is 6.20 Å². The highest BCUT2D eigenvalue weighted by Crippen LogP contribution is 2.28. The van der Waals surface area contributed by atoms with E-state index < -0.39 is 6.17 Å². The first kappa shape index (κ1) is 10.4. The van der Waals surface area contributed by atoms with Crippen molar-refractivity contribution in [2.75, 3.05) is 11.9 Å². The van der Waals surface area contributed by atoms with E-state index in [0.717, 1.165) is 24.0 Å². The third kappa shape index (κ3) is 1.94. The van der Waals surface area contributed by atoms with E-state index in [1.807, 2.05) is 0 Å². The fraction of sp³-hybridized carbons (Fsp3) is 0.545. The number of anilines is 1. The Morgan fingerprint density at radius 1 is 1.41 bits per heavy atom. The minimum absolute atomic E-state index is 0.104. The Morgan fingerprint density at radius 3 is 3.18 bits per heavy atom. The summed E-state index contributed by atoms with van der Waals surface area (Å²) in [5.41, 5.74) is 0.700. The topological polar surface area (TPSA) is 66.5 Å². The summed E-state index contributed by atoms with van der Waals surface area (Å²) < 4.78 is 13.5. The van der Waals surface area contributed by atoms with Crippen molar-refractivity contribution in [2.24, 2.45) is 5.92 Å². The van der Waals surface area contributed by atoms with Crippen LogP contribution in [0.5, 0.6) is 0 Å². The Labute approximate surface area is 97.8 Å². The molecule has 0 radical (unpaired) electrons. The molecule has 17 heavy (non-hydrogen) atoms. The van der Waals surface area contributed by atoms with Crippen LogP contribution in [-0.4, -0.2) is 32.9 Å².